The molecule has 0 spiro atoms. The second kappa shape index (κ2) is 11.1. The molecule has 1 aromatic heterocycles. The molecule has 2 saturated carbocycles. The van der Waals surface area contributed by atoms with Gasteiger partial charge in [-0.15, -0.1) is 0 Å². The number of aromatic nitrogens is 1. The monoisotopic (exact) mass is 600 g/mol. The zero-order chi connectivity index (χ0) is 30.5. The summed E-state index contributed by atoms with van der Waals surface area (Å²) in [7, 11) is 1.41. The van der Waals surface area contributed by atoms with Crippen molar-refractivity contribution in [2.24, 2.45) is 5.92 Å². The number of pyridine rings is 1. The lowest BCUT2D eigenvalue weighted by Crippen LogP contribution is -2.31. The number of alkyl halides is 3. The molecular weight excluding hydrogens is 571 g/mol. The molecule has 2 atom stereocenters. The molecule has 0 bridgehead atoms. The first kappa shape index (κ1) is 28.9. The number of benzene rings is 1. The number of ether oxygens (including phenoxy) is 2. The Morgan fingerprint density at radius 3 is 2.58 bits per heavy atom. The van der Waals surface area contributed by atoms with Crippen LogP contribution in [0.25, 0.3) is 11.3 Å². The third-order valence-corrected chi connectivity index (χ3v) is 8.10. The van der Waals surface area contributed by atoms with Gasteiger partial charge in [0, 0.05) is 52.7 Å². The van der Waals surface area contributed by atoms with Crippen LogP contribution in [0.5, 0.6) is 5.75 Å². The largest absolute Gasteiger partial charge is 0.494 e. The van der Waals surface area contributed by atoms with E-state index >= 15 is 0 Å². The fourth-order valence-corrected chi connectivity index (χ4v) is 5.36. The van der Waals surface area contributed by atoms with Gasteiger partial charge in [0.25, 0.3) is 5.91 Å². The number of fused-ring (bicyclic) bond motifs is 1. The third kappa shape index (κ3) is 6.00. The van der Waals surface area contributed by atoms with Crippen LogP contribution in [-0.2, 0) is 9.53 Å². The molecule has 2 fully saturated rings. The fourth-order valence-electron chi connectivity index (χ4n) is 5.36. The molecule has 1 amide bonds. The van der Waals surface area contributed by atoms with Crippen molar-refractivity contribution in [1.29, 1.82) is 5.41 Å². The first-order chi connectivity index (χ1) is 20.5. The SMILES string of the molecule is COC1=CC(C(=O)NC[C@H](c2cc3c(c(-c4ccc(F)c(F)c4)n2)OCC3C(F)(F)F)C2CC2)=C/C(=C/NC2CC2)C1=N. The fraction of sp³-hybridized carbons (Fsp3) is 0.387. The van der Waals surface area contributed by atoms with Crippen LogP contribution in [0.2, 0.25) is 0 Å². The smallest absolute Gasteiger partial charge is 0.399 e. The number of nitrogens with one attached hydrogen (secondary N) is 3. The number of amides is 1. The second-order valence-electron chi connectivity index (χ2n) is 11.2. The molecule has 226 valence electrons. The highest BCUT2D eigenvalue weighted by atomic mass is 19.4. The van der Waals surface area contributed by atoms with E-state index in [0.29, 0.717) is 17.3 Å². The van der Waals surface area contributed by atoms with Gasteiger partial charge in [-0.25, -0.2) is 13.8 Å². The summed E-state index contributed by atoms with van der Waals surface area (Å²) in [5.41, 5.74) is 1.16. The van der Waals surface area contributed by atoms with Gasteiger partial charge in [-0.3, -0.25) is 10.2 Å². The molecule has 43 heavy (non-hydrogen) atoms. The highest BCUT2D eigenvalue weighted by Crippen LogP contribution is 2.50. The van der Waals surface area contributed by atoms with Crippen molar-refractivity contribution in [2.75, 3.05) is 20.3 Å². The molecule has 2 aromatic rings. The number of methoxy groups -OCH3 is 1. The van der Waals surface area contributed by atoms with Crippen molar-refractivity contribution >= 4 is 11.6 Å². The predicted octanol–water partition coefficient (Wildman–Crippen LogP) is 5.80. The number of halogens is 5. The van der Waals surface area contributed by atoms with E-state index in [9.17, 15) is 26.7 Å². The van der Waals surface area contributed by atoms with Crippen LogP contribution in [0.15, 0.2) is 59.5 Å². The van der Waals surface area contributed by atoms with E-state index in [0.717, 1.165) is 37.8 Å². The summed E-state index contributed by atoms with van der Waals surface area (Å²) in [6, 6.07) is 4.74. The van der Waals surface area contributed by atoms with Crippen molar-refractivity contribution in [2.45, 2.75) is 49.7 Å². The van der Waals surface area contributed by atoms with E-state index < -0.39 is 42.2 Å². The topological polar surface area (TPSA) is 96.3 Å². The van der Waals surface area contributed by atoms with E-state index in [1.54, 1.807) is 12.3 Å². The summed E-state index contributed by atoms with van der Waals surface area (Å²) in [4.78, 5) is 17.9. The van der Waals surface area contributed by atoms with Crippen LogP contribution in [0.1, 0.15) is 48.8 Å². The highest BCUT2D eigenvalue weighted by molar-refractivity contribution is 6.15. The number of nitrogens with zero attached hydrogens (tertiary/aromatic N) is 1. The third-order valence-electron chi connectivity index (χ3n) is 8.10. The van der Waals surface area contributed by atoms with E-state index in [-0.39, 0.29) is 52.1 Å². The first-order valence-electron chi connectivity index (χ1n) is 14.0. The standard InChI is InChI=1S/C31H29F5N4O3/c1-42-26-10-17(8-18(27(26)37)12-38-19-5-6-19)30(41)39-13-21(15-2-3-15)25-11-20-22(31(34,35)36)14-43-29(20)28(40-25)16-4-7-23(32)24(33)9-16/h4,7-12,15,19,21-22,37-38H,2-3,5-6,13-14H2,1H3,(H,39,41)/b18-12-,37-27?/t21-,22?/m0/s1. The Morgan fingerprint density at radius 2 is 1.93 bits per heavy atom. The summed E-state index contributed by atoms with van der Waals surface area (Å²) < 4.78 is 80.5. The van der Waals surface area contributed by atoms with E-state index in [1.165, 1.54) is 25.3 Å². The van der Waals surface area contributed by atoms with Crippen LogP contribution in [0.3, 0.4) is 0 Å². The van der Waals surface area contributed by atoms with Crippen LogP contribution < -0.4 is 15.4 Å². The highest BCUT2D eigenvalue weighted by Gasteiger charge is 2.48. The van der Waals surface area contributed by atoms with Gasteiger partial charge >= 0.3 is 6.18 Å². The lowest BCUT2D eigenvalue weighted by atomic mass is 9.92. The Balaban J connectivity index is 1.31. The number of hydrogen-bond acceptors (Lipinski definition) is 6. The molecule has 4 aliphatic rings. The zero-order valence-corrected chi connectivity index (χ0v) is 23.2. The minimum absolute atomic E-state index is 0.00533. The van der Waals surface area contributed by atoms with Gasteiger partial charge in [0.05, 0.1) is 7.11 Å². The number of allylic oxidation sites excluding steroid dienone is 2. The molecule has 12 heteroatoms. The van der Waals surface area contributed by atoms with Gasteiger partial charge in [0.2, 0.25) is 0 Å². The lowest BCUT2D eigenvalue weighted by Gasteiger charge is -2.21. The molecule has 3 aliphatic carbocycles. The first-order valence-corrected chi connectivity index (χ1v) is 14.0. The molecule has 3 N–H and O–H groups in total. The van der Waals surface area contributed by atoms with Gasteiger partial charge in [-0.05, 0) is 68.0 Å². The Labute approximate surface area is 244 Å². The predicted molar refractivity (Wildman–Crippen MR) is 147 cm³/mol. The van der Waals surface area contributed by atoms with Gasteiger partial charge in [-0.2, -0.15) is 13.2 Å². The van der Waals surface area contributed by atoms with E-state index in [1.807, 2.05) is 0 Å². The normalized spacial score (nSPS) is 21.5. The molecule has 7 nitrogen and oxygen atoms in total. The maximum atomic E-state index is 14.2. The minimum Gasteiger partial charge on any atom is -0.494 e. The number of rotatable bonds is 9. The Kier molecular flexibility index (Phi) is 7.47. The van der Waals surface area contributed by atoms with E-state index in [2.05, 4.69) is 15.6 Å². The van der Waals surface area contributed by atoms with Gasteiger partial charge in [0.1, 0.15) is 35.4 Å². The van der Waals surface area contributed by atoms with Crippen LogP contribution >= 0.6 is 0 Å². The van der Waals surface area contributed by atoms with Crippen LogP contribution in [0, 0.1) is 23.0 Å². The summed E-state index contributed by atoms with van der Waals surface area (Å²) >= 11 is 0. The number of hydrogen-bond donors (Lipinski definition) is 3. The van der Waals surface area contributed by atoms with Crippen molar-refractivity contribution in [3.05, 3.63) is 82.4 Å². The van der Waals surface area contributed by atoms with Crippen molar-refractivity contribution in [3.8, 4) is 17.0 Å². The zero-order valence-electron chi connectivity index (χ0n) is 23.2. The maximum Gasteiger partial charge on any atom is 0.399 e. The lowest BCUT2D eigenvalue weighted by molar-refractivity contribution is -0.151. The Bertz CT molecular complexity index is 1570. The number of carbonyl (C=O) groups excluding carboxylic acids is 1. The number of carbonyl (C=O) groups is 1. The average Bonchev–Trinajstić information content (AvgIpc) is 3.91. The molecule has 1 aromatic carbocycles. The molecule has 1 unspecified atom stereocenters. The summed E-state index contributed by atoms with van der Waals surface area (Å²) in [6.07, 6.45) is 3.82. The van der Waals surface area contributed by atoms with Crippen molar-refractivity contribution in [1.82, 2.24) is 15.6 Å². The summed E-state index contributed by atoms with van der Waals surface area (Å²) in [5, 5.41) is 14.5. The summed E-state index contributed by atoms with van der Waals surface area (Å²) in [6.45, 7) is -0.567. The second-order valence-corrected chi connectivity index (χ2v) is 11.2. The molecule has 1 aliphatic heterocycles. The molecule has 2 heterocycles. The maximum absolute atomic E-state index is 14.2. The van der Waals surface area contributed by atoms with Gasteiger partial charge < -0.3 is 20.1 Å². The van der Waals surface area contributed by atoms with E-state index in [4.69, 9.17) is 14.9 Å². The van der Waals surface area contributed by atoms with Gasteiger partial charge in [-0.1, -0.05) is 0 Å². The molecule has 6 rings (SSSR count). The van der Waals surface area contributed by atoms with Crippen LogP contribution in [0.4, 0.5) is 22.0 Å². The van der Waals surface area contributed by atoms with Crippen LogP contribution in [-0.4, -0.2) is 49.1 Å². The molecular formula is C31H29F5N4O3. The molecule has 0 radical (unpaired) electrons. The quantitative estimate of drug-likeness (QED) is 0.316. The Hall–Kier alpha value is -4.22. The van der Waals surface area contributed by atoms with Crippen molar-refractivity contribution in [3.63, 3.8) is 0 Å². The summed E-state index contributed by atoms with van der Waals surface area (Å²) in [5.74, 6) is -4.86. The van der Waals surface area contributed by atoms with Gasteiger partial charge in [0.15, 0.2) is 11.6 Å². The molecule has 0 saturated heterocycles. The Morgan fingerprint density at radius 1 is 1.16 bits per heavy atom. The minimum atomic E-state index is -4.59. The van der Waals surface area contributed by atoms with Crippen molar-refractivity contribution < 1.29 is 36.2 Å². The average molecular weight is 601 g/mol.